The minimum absolute atomic E-state index is 0.260. The Morgan fingerprint density at radius 2 is 1.68 bits per heavy atom. The smallest absolute Gasteiger partial charge is 0.267 e. The van der Waals surface area contributed by atoms with Crippen LogP contribution in [0.2, 0.25) is 5.02 Å². The second-order valence-corrected chi connectivity index (χ2v) is 6.81. The lowest BCUT2D eigenvalue weighted by molar-refractivity contribution is 0.0926. The normalized spacial score (nSPS) is 13.4. The first-order chi connectivity index (χ1) is 13.6. The highest BCUT2D eigenvalue weighted by molar-refractivity contribution is 6.38. The first-order valence-electron chi connectivity index (χ1n) is 8.46. The third-order valence-electron chi connectivity index (χ3n) is 4.74. The molecular formula is C20H12ClN5O2. The van der Waals surface area contributed by atoms with E-state index in [1.807, 2.05) is 0 Å². The molecule has 0 aliphatic carbocycles. The summed E-state index contributed by atoms with van der Waals surface area (Å²) < 4.78 is 1.61. The fourth-order valence-electron chi connectivity index (χ4n) is 3.46. The van der Waals surface area contributed by atoms with Crippen LogP contribution in [0.3, 0.4) is 0 Å². The number of fused-ring (bicyclic) bond motifs is 3. The van der Waals surface area contributed by atoms with Crippen LogP contribution >= 0.6 is 11.6 Å². The van der Waals surface area contributed by atoms with Gasteiger partial charge in [0.05, 0.1) is 22.2 Å². The Morgan fingerprint density at radius 3 is 2.39 bits per heavy atom. The molecule has 8 heteroatoms. The lowest BCUT2D eigenvalue weighted by Crippen LogP contribution is -2.29. The van der Waals surface area contributed by atoms with Crippen molar-refractivity contribution in [1.82, 2.24) is 19.7 Å². The van der Waals surface area contributed by atoms with Gasteiger partial charge in [-0.1, -0.05) is 11.6 Å². The number of anilines is 1. The average molecular weight is 390 g/mol. The molecule has 1 aliphatic heterocycles. The third-order valence-corrected chi connectivity index (χ3v) is 4.99. The zero-order valence-electron chi connectivity index (χ0n) is 14.6. The lowest BCUT2D eigenvalue weighted by atomic mass is 10.0. The standard InChI is InChI=1S/C20H12ClN5O2/c1-25-18-16(17(24-25)11-6-8-22-9-7-11)15-14(10-23-18)19(27)26(20(15)28)13-4-2-12(21)3-5-13/h2-10H,1H3. The largest absolute Gasteiger partial charge is 0.268 e. The van der Waals surface area contributed by atoms with Gasteiger partial charge in [0.2, 0.25) is 0 Å². The van der Waals surface area contributed by atoms with E-state index in [-0.39, 0.29) is 5.56 Å². The number of aromatic nitrogens is 4. The predicted octanol–water partition coefficient (Wildman–Crippen LogP) is 3.48. The van der Waals surface area contributed by atoms with Gasteiger partial charge in [-0.3, -0.25) is 14.6 Å². The Morgan fingerprint density at radius 1 is 0.964 bits per heavy atom. The van der Waals surface area contributed by atoms with Gasteiger partial charge in [-0.25, -0.2) is 14.6 Å². The SMILES string of the molecule is Cn1nc(-c2ccncc2)c2c3c(cnc21)C(=O)N(c1ccc(Cl)cc1)C3=O. The second-order valence-electron chi connectivity index (χ2n) is 6.38. The summed E-state index contributed by atoms with van der Waals surface area (Å²) in [4.78, 5) is 35.8. The van der Waals surface area contributed by atoms with Crippen molar-refractivity contribution in [2.24, 2.45) is 7.05 Å². The van der Waals surface area contributed by atoms with Crippen LogP contribution in [-0.2, 0) is 7.05 Å². The summed E-state index contributed by atoms with van der Waals surface area (Å²) in [6.45, 7) is 0. The molecule has 28 heavy (non-hydrogen) atoms. The van der Waals surface area contributed by atoms with Gasteiger partial charge in [-0.2, -0.15) is 5.10 Å². The quantitative estimate of drug-likeness (QED) is 0.490. The van der Waals surface area contributed by atoms with Gasteiger partial charge >= 0.3 is 0 Å². The molecule has 0 fully saturated rings. The predicted molar refractivity (Wildman–Crippen MR) is 104 cm³/mol. The summed E-state index contributed by atoms with van der Waals surface area (Å²) in [7, 11) is 1.75. The van der Waals surface area contributed by atoms with Gasteiger partial charge in [0.1, 0.15) is 5.69 Å². The maximum absolute atomic E-state index is 13.3. The third kappa shape index (κ3) is 2.26. The number of rotatable bonds is 2. The molecule has 136 valence electrons. The van der Waals surface area contributed by atoms with Crippen molar-refractivity contribution in [3.05, 3.63) is 71.1 Å². The maximum atomic E-state index is 13.3. The Bertz CT molecular complexity index is 1270. The highest BCUT2D eigenvalue weighted by Crippen LogP contribution is 2.37. The summed E-state index contributed by atoms with van der Waals surface area (Å²) in [6, 6.07) is 10.2. The Hall–Kier alpha value is -3.58. The van der Waals surface area contributed by atoms with Crippen molar-refractivity contribution >= 4 is 40.1 Å². The Labute approximate surface area is 164 Å². The van der Waals surface area contributed by atoms with E-state index in [0.717, 1.165) is 10.5 Å². The molecule has 0 N–H and O–H groups in total. The number of hydrogen-bond acceptors (Lipinski definition) is 5. The molecule has 4 heterocycles. The van der Waals surface area contributed by atoms with E-state index in [4.69, 9.17) is 11.6 Å². The number of hydrogen-bond donors (Lipinski definition) is 0. The van der Waals surface area contributed by atoms with Crippen molar-refractivity contribution in [2.75, 3.05) is 4.90 Å². The summed E-state index contributed by atoms with van der Waals surface area (Å²) >= 11 is 5.94. The van der Waals surface area contributed by atoms with Gasteiger partial charge in [0.25, 0.3) is 11.8 Å². The topological polar surface area (TPSA) is 81.0 Å². The molecule has 5 rings (SSSR count). The van der Waals surface area contributed by atoms with E-state index in [1.165, 1.54) is 6.20 Å². The van der Waals surface area contributed by atoms with E-state index in [2.05, 4.69) is 15.1 Å². The number of nitrogens with zero attached hydrogens (tertiary/aromatic N) is 5. The molecule has 2 amide bonds. The van der Waals surface area contributed by atoms with Crippen LogP contribution in [0.5, 0.6) is 0 Å². The summed E-state index contributed by atoms with van der Waals surface area (Å²) in [5.74, 6) is -0.820. The van der Waals surface area contributed by atoms with Gasteiger partial charge in [-0.15, -0.1) is 0 Å². The zero-order chi connectivity index (χ0) is 19.4. The van der Waals surface area contributed by atoms with Crippen molar-refractivity contribution in [3.8, 4) is 11.3 Å². The number of amides is 2. The number of halogens is 1. The van der Waals surface area contributed by atoms with Gasteiger partial charge in [0.15, 0.2) is 5.65 Å². The fourth-order valence-corrected chi connectivity index (χ4v) is 3.59. The molecule has 1 aliphatic rings. The van der Waals surface area contributed by atoms with Crippen LogP contribution in [0.15, 0.2) is 55.0 Å². The van der Waals surface area contributed by atoms with Crippen LogP contribution in [0.4, 0.5) is 5.69 Å². The summed E-state index contributed by atoms with van der Waals surface area (Å²) in [5.41, 5.74) is 2.94. The lowest BCUT2D eigenvalue weighted by Gasteiger charge is -2.13. The van der Waals surface area contributed by atoms with Crippen LogP contribution < -0.4 is 4.90 Å². The molecule has 0 atom stereocenters. The molecule has 0 radical (unpaired) electrons. The van der Waals surface area contributed by atoms with Gasteiger partial charge < -0.3 is 0 Å². The first-order valence-corrected chi connectivity index (χ1v) is 8.84. The minimum Gasteiger partial charge on any atom is -0.268 e. The highest BCUT2D eigenvalue weighted by Gasteiger charge is 2.40. The van der Waals surface area contributed by atoms with Crippen molar-refractivity contribution in [2.45, 2.75) is 0 Å². The number of aryl methyl sites for hydroxylation is 1. The number of pyridine rings is 2. The molecule has 7 nitrogen and oxygen atoms in total. The molecule has 0 unspecified atom stereocenters. The monoisotopic (exact) mass is 389 g/mol. The summed E-state index contributed by atoms with van der Waals surface area (Å²) in [5, 5.41) is 5.61. The van der Waals surface area contributed by atoms with Gasteiger partial charge in [0, 0.05) is 36.2 Å². The molecular weight excluding hydrogens is 378 g/mol. The van der Waals surface area contributed by atoms with E-state index < -0.39 is 11.8 Å². The first kappa shape index (κ1) is 16.6. The number of imide groups is 1. The average Bonchev–Trinajstić information content (AvgIpc) is 3.18. The molecule has 0 spiro atoms. The highest BCUT2D eigenvalue weighted by atomic mass is 35.5. The zero-order valence-corrected chi connectivity index (χ0v) is 15.4. The van der Waals surface area contributed by atoms with E-state index in [1.54, 1.807) is 60.5 Å². The molecule has 3 aromatic heterocycles. The number of carbonyl (C=O) groups excluding carboxylic acids is 2. The van der Waals surface area contributed by atoms with Crippen LogP contribution in [0, 0.1) is 0 Å². The second kappa shape index (κ2) is 5.97. The van der Waals surface area contributed by atoms with Crippen LogP contribution in [-0.4, -0.2) is 31.6 Å². The fraction of sp³-hybridized carbons (Fsp3) is 0.0500. The van der Waals surface area contributed by atoms with E-state index in [9.17, 15) is 9.59 Å². The molecule has 0 bridgehead atoms. The molecule has 0 saturated carbocycles. The number of benzene rings is 1. The summed E-state index contributed by atoms with van der Waals surface area (Å²) in [6.07, 6.45) is 4.74. The molecule has 1 aromatic carbocycles. The molecule has 0 saturated heterocycles. The maximum Gasteiger partial charge on any atom is 0.267 e. The van der Waals surface area contributed by atoms with Crippen LogP contribution in [0.1, 0.15) is 20.7 Å². The Kier molecular flexibility index (Phi) is 3.53. The molecule has 4 aromatic rings. The number of carbonyl (C=O) groups is 2. The van der Waals surface area contributed by atoms with Crippen LogP contribution in [0.25, 0.3) is 22.3 Å². The van der Waals surface area contributed by atoms with Crippen molar-refractivity contribution in [1.29, 1.82) is 0 Å². The minimum atomic E-state index is -0.416. The van der Waals surface area contributed by atoms with Crippen molar-refractivity contribution in [3.63, 3.8) is 0 Å². The van der Waals surface area contributed by atoms with E-state index in [0.29, 0.717) is 33.0 Å². The van der Waals surface area contributed by atoms with Gasteiger partial charge in [-0.05, 0) is 36.4 Å². The van der Waals surface area contributed by atoms with E-state index >= 15 is 0 Å². The Balaban J connectivity index is 1.77. The van der Waals surface area contributed by atoms with Crippen molar-refractivity contribution < 1.29 is 9.59 Å².